The summed E-state index contributed by atoms with van der Waals surface area (Å²) in [7, 11) is 0. The topological polar surface area (TPSA) is 70.6 Å². The Morgan fingerprint density at radius 2 is 1.93 bits per heavy atom. The highest BCUT2D eigenvalue weighted by atomic mass is 127. The largest absolute Gasteiger partial charge is 0.416 e. The van der Waals surface area contributed by atoms with E-state index in [1.165, 1.54) is 12.1 Å². The van der Waals surface area contributed by atoms with E-state index < -0.39 is 52.2 Å². The summed E-state index contributed by atoms with van der Waals surface area (Å²) in [5, 5.41) is 11.5. The maximum atomic E-state index is 14.5. The standard InChI is InChI=1S/C16H10BrClF5IN2O3/c17-8-4-7(15(28)26-29-5-11(27)16(21,22)23)14(13(20)12(8)19)25-10-2-1-6(24)3-9(10)18/h1-4,11,25,27H,5H2,(H,26,28). The fraction of sp³-hybridized carbons (Fsp3) is 0.188. The average molecular weight is 616 g/mol. The lowest BCUT2D eigenvalue weighted by atomic mass is 10.1. The zero-order valence-corrected chi connectivity index (χ0v) is 18.4. The molecule has 2 aromatic carbocycles. The molecule has 0 saturated carbocycles. The summed E-state index contributed by atoms with van der Waals surface area (Å²) < 4.78 is 65.6. The molecule has 0 fully saturated rings. The molecule has 0 heterocycles. The van der Waals surface area contributed by atoms with Gasteiger partial charge in [0, 0.05) is 3.57 Å². The van der Waals surface area contributed by atoms with E-state index in [4.69, 9.17) is 16.7 Å². The van der Waals surface area contributed by atoms with Gasteiger partial charge in [0.2, 0.25) is 0 Å². The van der Waals surface area contributed by atoms with Crippen LogP contribution in [0.1, 0.15) is 10.4 Å². The van der Waals surface area contributed by atoms with E-state index in [2.05, 4.69) is 26.1 Å². The third kappa shape index (κ3) is 6.13. The Balaban J connectivity index is 2.30. The molecule has 0 aliphatic carbocycles. The minimum atomic E-state index is -4.95. The van der Waals surface area contributed by atoms with Crippen molar-refractivity contribution in [2.24, 2.45) is 0 Å². The molecule has 0 saturated heterocycles. The van der Waals surface area contributed by atoms with Gasteiger partial charge in [0.1, 0.15) is 6.61 Å². The molecule has 2 aromatic rings. The number of aliphatic hydroxyl groups is 1. The minimum absolute atomic E-state index is 0.148. The number of carbonyl (C=O) groups is 1. The van der Waals surface area contributed by atoms with Crippen molar-refractivity contribution >= 4 is 67.4 Å². The Bertz CT molecular complexity index is 932. The number of hydroxylamine groups is 1. The smallest absolute Gasteiger partial charge is 0.381 e. The van der Waals surface area contributed by atoms with Crippen LogP contribution in [0.25, 0.3) is 0 Å². The second-order valence-electron chi connectivity index (χ2n) is 5.46. The van der Waals surface area contributed by atoms with Crippen LogP contribution in [0, 0.1) is 15.2 Å². The first-order valence-electron chi connectivity index (χ1n) is 7.48. The third-order valence-corrected chi connectivity index (χ3v) is 4.94. The van der Waals surface area contributed by atoms with Crippen LogP contribution in [-0.2, 0) is 4.84 Å². The second kappa shape index (κ2) is 9.73. The summed E-state index contributed by atoms with van der Waals surface area (Å²) in [6.07, 6.45) is -7.80. The predicted molar refractivity (Wildman–Crippen MR) is 107 cm³/mol. The second-order valence-corrected chi connectivity index (χ2v) is 7.96. The minimum Gasteiger partial charge on any atom is -0.381 e. The van der Waals surface area contributed by atoms with Gasteiger partial charge < -0.3 is 10.4 Å². The normalized spacial score (nSPS) is 12.6. The first-order chi connectivity index (χ1) is 13.4. The van der Waals surface area contributed by atoms with Gasteiger partial charge in [-0.15, -0.1) is 0 Å². The molecular weight excluding hydrogens is 605 g/mol. The van der Waals surface area contributed by atoms with Gasteiger partial charge in [0.25, 0.3) is 5.91 Å². The molecule has 0 aromatic heterocycles. The number of carbonyl (C=O) groups excluding carboxylic acids is 1. The summed E-state index contributed by atoms with van der Waals surface area (Å²) in [6, 6.07) is 5.50. The summed E-state index contributed by atoms with van der Waals surface area (Å²) in [4.78, 5) is 16.6. The van der Waals surface area contributed by atoms with Crippen LogP contribution in [0.5, 0.6) is 0 Å². The van der Waals surface area contributed by atoms with Crippen LogP contribution in [0.2, 0.25) is 5.02 Å². The monoisotopic (exact) mass is 614 g/mol. The molecule has 1 amide bonds. The lowest BCUT2D eigenvalue weighted by molar-refractivity contribution is -0.221. The number of alkyl halides is 3. The molecule has 0 spiro atoms. The maximum Gasteiger partial charge on any atom is 0.416 e. The van der Waals surface area contributed by atoms with Gasteiger partial charge in [-0.05, 0) is 62.8 Å². The zero-order chi connectivity index (χ0) is 21.9. The molecule has 2 rings (SSSR count). The Kier molecular flexibility index (Phi) is 8.07. The van der Waals surface area contributed by atoms with Gasteiger partial charge >= 0.3 is 6.18 Å². The summed E-state index contributed by atoms with van der Waals surface area (Å²) in [5.74, 6) is -3.93. The van der Waals surface area contributed by atoms with Crippen LogP contribution >= 0.6 is 50.1 Å². The van der Waals surface area contributed by atoms with E-state index in [-0.39, 0.29) is 10.7 Å². The van der Waals surface area contributed by atoms with E-state index in [0.717, 1.165) is 9.64 Å². The van der Waals surface area contributed by atoms with Gasteiger partial charge in [-0.25, -0.2) is 14.3 Å². The average Bonchev–Trinajstić information content (AvgIpc) is 2.62. The van der Waals surface area contributed by atoms with Crippen molar-refractivity contribution in [2.75, 3.05) is 11.9 Å². The number of hydrogen-bond acceptors (Lipinski definition) is 4. The van der Waals surface area contributed by atoms with Crippen LogP contribution in [-0.4, -0.2) is 29.9 Å². The molecule has 1 unspecified atom stereocenters. The Morgan fingerprint density at radius 1 is 1.28 bits per heavy atom. The number of hydrogen-bond donors (Lipinski definition) is 3. The third-order valence-electron chi connectivity index (χ3n) is 3.38. The molecule has 158 valence electrons. The first-order valence-corrected chi connectivity index (χ1v) is 9.73. The predicted octanol–water partition coefficient (Wildman–Crippen LogP) is 5.31. The Hall–Kier alpha value is -1.22. The first kappa shape index (κ1) is 24.1. The molecule has 29 heavy (non-hydrogen) atoms. The summed E-state index contributed by atoms with van der Waals surface area (Å²) in [5.41, 5.74) is 0.678. The fourth-order valence-electron chi connectivity index (χ4n) is 1.96. The Labute approximate surface area is 187 Å². The lowest BCUT2D eigenvalue weighted by Gasteiger charge is -2.17. The molecule has 0 aliphatic heterocycles. The van der Waals surface area contributed by atoms with Crippen molar-refractivity contribution in [3.05, 3.63) is 54.5 Å². The van der Waals surface area contributed by atoms with Crippen LogP contribution in [0.3, 0.4) is 0 Å². The zero-order valence-electron chi connectivity index (χ0n) is 13.9. The number of halogens is 8. The molecule has 3 N–H and O–H groups in total. The molecule has 0 aliphatic rings. The molecule has 1 atom stereocenters. The number of nitrogens with one attached hydrogen (secondary N) is 2. The van der Waals surface area contributed by atoms with Crippen LogP contribution < -0.4 is 10.8 Å². The summed E-state index contributed by atoms with van der Waals surface area (Å²) in [6.45, 7) is -1.30. The van der Waals surface area contributed by atoms with Crippen molar-refractivity contribution < 1.29 is 36.7 Å². The van der Waals surface area contributed by atoms with E-state index in [9.17, 15) is 26.7 Å². The van der Waals surface area contributed by atoms with Crippen molar-refractivity contribution in [1.82, 2.24) is 5.48 Å². The fourth-order valence-corrected chi connectivity index (χ4v) is 3.26. The van der Waals surface area contributed by atoms with Crippen molar-refractivity contribution in [1.29, 1.82) is 0 Å². The molecular formula is C16H10BrClF5IN2O3. The van der Waals surface area contributed by atoms with E-state index >= 15 is 0 Å². The van der Waals surface area contributed by atoms with Crippen molar-refractivity contribution in [3.63, 3.8) is 0 Å². The quantitative estimate of drug-likeness (QED) is 0.178. The van der Waals surface area contributed by atoms with Crippen LogP contribution in [0.4, 0.5) is 33.3 Å². The highest BCUT2D eigenvalue weighted by molar-refractivity contribution is 14.1. The van der Waals surface area contributed by atoms with Gasteiger partial charge in [-0.2, -0.15) is 13.2 Å². The van der Waals surface area contributed by atoms with Crippen LogP contribution in [0.15, 0.2) is 28.7 Å². The van der Waals surface area contributed by atoms with E-state index in [1.807, 2.05) is 22.6 Å². The number of aliphatic hydroxyl groups excluding tert-OH is 1. The van der Waals surface area contributed by atoms with Gasteiger partial charge in [-0.3, -0.25) is 9.63 Å². The number of amides is 1. The Morgan fingerprint density at radius 3 is 2.52 bits per heavy atom. The van der Waals surface area contributed by atoms with Gasteiger partial charge in [0.05, 0.1) is 26.4 Å². The van der Waals surface area contributed by atoms with Gasteiger partial charge in [0.15, 0.2) is 17.7 Å². The lowest BCUT2D eigenvalue weighted by Crippen LogP contribution is -2.36. The molecule has 13 heteroatoms. The summed E-state index contributed by atoms with van der Waals surface area (Å²) >= 11 is 10.8. The van der Waals surface area contributed by atoms with E-state index in [1.54, 1.807) is 11.5 Å². The highest BCUT2D eigenvalue weighted by Gasteiger charge is 2.38. The van der Waals surface area contributed by atoms with Gasteiger partial charge in [-0.1, -0.05) is 11.6 Å². The molecule has 0 bridgehead atoms. The maximum absolute atomic E-state index is 14.5. The number of anilines is 2. The number of rotatable bonds is 6. The SMILES string of the molecule is O=C(NOCC(O)C(F)(F)F)c1cc(Br)c(F)c(F)c1Nc1ccc(I)cc1Cl. The van der Waals surface area contributed by atoms with Crippen molar-refractivity contribution in [2.45, 2.75) is 12.3 Å². The molecule has 0 radical (unpaired) electrons. The molecule has 5 nitrogen and oxygen atoms in total. The van der Waals surface area contributed by atoms with E-state index in [0.29, 0.717) is 0 Å². The highest BCUT2D eigenvalue weighted by Crippen LogP contribution is 2.34. The number of benzene rings is 2. The van der Waals surface area contributed by atoms with Crippen molar-refractivity contribution in [3.8, 4) is 0 Å².